The number of thioether (sulfide) groups is 1. The molecule has 0 aliphatic rings. The zero-order chi connectivity index (χ0) is 30.2. The predicted molar refractivity (Wildman–Crippen MR) is 178 cm³/mol. The average molecular weight is 686 g/mol. The summed E-state index contributed by atoms with van der Waals surface area (Å²) in [5.41, 5.74) is 0. The molecule has 0 N–H and O–H groups in total. The molecule has 1 heterocycles. The van der Waals surface area contributed by atoms with Crippen molar-refractivity contribution in [3.8, 4) is 0 Å². The van der Waals surface area contributed by atoms with Crippen LogP contribution in [0.4, 0.5) is 0 Å². The smallest absolute Gasteiger partial charge is 0.748 e. The summed E-state index contributed by atoms with van der Waals surface area (Å²) in [5.74, 6) is 0.853. The van der Waals surface area contributed by atoms with E-state index in [2.05, 4.69) is 56.2 Å². The minimum absolute atomic E-state index is 0. The molecule has 0 saturated carbocycles. The number of thiol groups is 2. The van der Waals surface area contributed by atoms with Crippen LogP contribution in [0.1, 0.15) is 34.1 Å². The molecule has 0 saturated heterocycles. The molecule has 0 amide bonds. The van der Waals surface area contributed by atoms with Crippen LogP contribution in [-0.4, -0.2) is 77.0 Å². The van der Waals surface area contributed by atoms with Crippen molar-refractivity contribution in [2.24, 2.45) is 0 Å². The van der Waals surface area contributed by atoms with E-state index < -0.39 is 32.4 Å². The van der Waals surface area contributed by atoms with Gasteiger partial charge in [0.1, 0.15) is 16.8 Å². The van der Waals surface area contributed by atoms with Crippen molar-refractivity contribution in [1.29, 1.82) is 1.28 Å². The molecule has 2 unspecified atom stereocenters. The van der Waals surface area contributed by atoms with Gasteiger partial charge in [0.05, 0.1) is 23.1 Å². The molecule has 0 aromatic carbocycles. The van der Waals surface area contributed by atoms with Crippen LogP contribution in [0.5, 0.6) is 0 Å². The Labute approximate surface area is 276 Å². The van der Waals surface area contributed by atoms with Crippen molar-refractivity contribution in [3.05, 3.63) is 36.4 Å². The molecule has 2 atom stereocenters. The summed E-state index contributed by atoms with van der Waals surface area (Å²) in [4.78, 5) is 4.11. The van der Waals surface area contributed by atoms with Crippen LogP contribution in [0, 0.1) is 0 Å². The van der Waals surface area contributed by atoms with Crippen LogP contribution < -0.4 is 29.6 Å². The standard InChI is InChI=1S/C6H7NS2.C5H10O2S2.C4H10O3S.C2H6.2CH4S.BHPS.Na/c1-8-9-6-4-2-3-5-7-6;1-3-9(6,7)5-4-8-2;1-3-4(2)8(5,6)7;3*1-2;1-2-3;/h2-5H,1H3;3H,1,4-5H2,2H3;4H,3H2,1-2H3,(H,5,6,7);1-2H3;2*2H,1H3;2H;/q;;;;;;2*+1/p-1/i;;;;;;2D;. The van der Waals surface area contributed by atoms with Gasteiger partial charge in [-0.05, 0) is 61.3 Å². The van der Waals surface area contributed by atoms with E-state index in [1.54, 1.807) is 47.2 Å². The zero-order valence-electron chi connectivity index (χ0n) is 23.6. The monoisotopic (exact) mass is 685 g/mol. The number of nitrogens with zero attached hydrogens (tertiary/aromatic N) is 1. The first kappa shape index (κ1) is 50.9. The summed E-state index contributed by atoms with van der Waals surface area (Å²) < 4.78 is 57.5. The molecule has 6 nitrogen and oxygen atoms in total. The second kappa shape index (κ2) is 44.1. The molecule has 0 aliphatic carbocycles. The van der Waals surface area contributed by atoms with Crippen LogP contribution >= 0.6 is 65.8 Å². The second-order valence-corrected chi connectivity index (χ2v) is 12.9. The van der Waals surface area contributed by atoms with E-state index in [-0.39, 0.29) is 35.3 Å². The van der Waals surface area contributed by atoms with Gasteiger partial charge in [0.25, 0.3) is 0 Å². The summed E-state index contributed by atoms with van der Waals surface area (Å²) in [6.45, 7) is 10.3. The van der Waals surface area contributed by atoms with Gasteiger partial charge >= 0.3 is 38.4 Å². The average Bonchev–Trinajstić information content (AvgIpc) is 2.87. The van der Waals surface area contributed by atoms with E-state index in [0.717, 1.165) is 10.4 Å². The molecule has 17 heteroatoms. The fourth-order valence-electron chi connectivity index (χ4n) is 0.969. The van der Waals surface area contributed by atoms with Crippen LogP contribution in [0.15, 0.2) is 41.4 Å². The van der Waals surface area contributed by atoms with Gasteiger partial charge in [-0.1, -0.05) is 44.2 Å². The normalized spacial score (nSPS) is 10.4. The van der Waals surface area contributed by atoms with Gasteiger partial charge < -0.3 is 4.55 Å². The van der Waals surface area contributed by atoms with E-state index in [1.807, 2.05) is 44.6 Å². The topological polar surface area (TPSA) is 104 Å². The van der Waals surface area contributed by atoms with Crippen LogP contribution in [-0.2, 0) is 31.8 Å². The van der Waals surface area contributed by atoms with Gasteiger partial charge in [0.2, 0.25) is 0 Å². The van der Waals surface area contributed by atoms with Gasteiger partial charge in [-0.2, -0.15) is 37.0 Å². The number of aromatic nitrogens is 1. The number of hydrogen-bond donors (Lipinski definition) is 2. The van der Waals surface area contributed by atoms with Crippen LogP contribution in [0.2, 0.25) is 0 Å². The van der Waals surface area contributed by atoms with Gasteiger partial charge in [-0.25, -0.2) is 21.8 Å². The van der Waals surface area contributed by atoms with Gasteiger partial charge in [-0.15, -0.1) is 0 Å². The Bertz CT molecular complexity index is 795. The quantitative estimate of drug-likeness (QED) is 0.140. The molecule has 0 spiro atoms. The van der Waals surface area contributed by atoms with Crippen molar-refractivity contribution in [1.82, 2.24) is 4.98 Å². The Morgan fingerprint density at radius 1 is 1.25 bits per heavy atom. The van der Waals surface area contributed by atoms with E-state index in [0.29, 0.717) is 12.2 Å². The zero-order valence-corrected chi connectivity index (χ0v) is 32.2. The van der Waals surface area contributed by atoms with Gasteiger partial charge in [0.15, 0.2) is 9.84 Å². The summed E-state index contributed by atoms with van der Waals surface area (Å²) >= 11 is 12.7. The maximum absolute atomic E-state index is 10.6. The predicted octanol–water partition coefficient (Wildman–Crippen LogP) is 3.02. The Morgan fingerprint density at radius 3 is 1.92 bits per heavy atom. The fourth-order valence-corrected chi connectivity index (χ4v) is 4.36. The minimum atomic E-state index is -4.00. The maximum atomic E-state index is 10.6. The molecule has 2 radical (unpaired) electrons. The summed E-state index contributed by atoms with van der Waals surface area (Å²) in [5, 5.41) is 1.34. The van der Waals surface area contributed by atoms with E-state index in [4.69, 9.17) is 1.28 Å². The van der Waals surface area contributed by atoms with Crippen molar-refractivity contribution >= 4 is 105 Å². The first-order valence-electron chi connectivity index (χ1n) is 10.2. The first-order chi connectivity index (χ1) is 16.8. The van der Waals surface area contributed by atoms with E-state index in [1.165, 1.54) is 18.7 Å². The van der Waals surface area contributed by atoms with Crippen molar-refractivity contribution < 1.29 is 50.9 Å². The Balaban J connectivity index is -0.0000000615. The number of hydrogen-bond acceptors (Lipinski definition) is 12. The molecule has 1 rings (SSSR count). The molecular formula is C19H41BNNaO5PS8+. The minimum Gasteiger partial charge on any atom is -0.748 e. The molecule has 0 bridgehead atoms. The van der Waals surface area contributed by atoms with Crippen LogP contribution in [0.25, 0.3) is 0 Å². The van der Waals surface area contributed by atoms with Crippen molar-refractivity contribution in [2.45, 2.75) is 44.4 Å². The largest absolute Gasteiger partial charge is 1.00 e. The molecular weight excluding hydrogens is 644 g/mol. The Kier molecular flexibility index (Phi) is 62.3. The van der Waals surface area contributed by atoms with Crippen molar-refractivity contribution in [3.63, 3.8) is 0 Å². The third-order valence-electron chi connectivity index (χ3n) is 2.70. The third-order valence-corrected chi connectivity index (χ3v) is 7.76. The molecule has 1 aromatic rings. The van der Waals surface area contributed by atoms with E-state index >= 15 is 0 Å². The fraction of sp³-hybridized carbons (Fsp3) is 0.632. The SMILES string of the molecule is C=CS(=O)(=O)CCSC.CC.CCC(C)S(=O)(=O)[O-].CS.CS.CSSc1ccccn1.[2H][P+]([B])=S.[Na+]. The summed E-state index contributed by atoms with van der Waals surface area (Å²) in [6.07, 6.45) is 9.50. The summed E-state index contributed by atoms with van der Waals surface area (Å²) in [6, 6.07) is 5.91. The van der Waals surface area contributed by atoms with Gasteiger partial charge in [0, 0.05) is 22.6 Å². The first-order valence-corrected chi connectivity index (χ1v) is 20.7. The van der Waals surface area contributed by atoms with Crippen LogP contribution in [0.3, 0.4) is 0 Å². The molecule has 0 aliphatic heterocycles. The number of rotatable bonds is 8. The molecule has 36 heavy (non-hydrogen) atoms. The van der Waals surface area contributed by atoms with Crippen molar-refractivity contribution in [2.75, 3.05) is 36.5 Å². The maximum Gasteiger partial charge on any atom is 1.00 e. The second-order valence-electron chi connectivity index (χ2n) is 4.76. The Morgan fingerprint density at radius 2 is 1.69 bits per heavy atom. The third kappa shape index (κ3) is 52.5. The van der Waals surface area contributed by atoms with E-state index in [9.17, 15) is 21.4 Å². The van der Waals surface area contributed by atoms with Gasteiger partial charge in [-0.3, -0.25) is 0 Å². The number of sulfone groups is 1. The molecule has 208 valence electrons. The summed E-state index contributed by atoms with van der Waals surface area (Å²) in [7, 11) is -0.181. The Hall–Kier alpha value is 2.08. The molecule has 0 fully saturated rings. The number of pyridine rings is 1. The molecule has 1 aromatic heterocycles.